The molecular formula is C17H23N3O. The Morgan fingerprint density at radius 3 is 2.57 bits per heavy atom. The smallest absolute Gasteiger partial charge is 0.0774 e. The van der Waals surface area contributed by atoms with Gasteiger partial charge in [0.25, 0.3) is 0 Å². The highest BCUT2D eigenvalue weighted by Crippen LogP contribution is 2.30. The first-order valence-electron chi connectivity index (χ1n) is 7.65. The molecule has 0 spiro atoms. The van der Waals surface area contributed by atoms with Gasteiger partial charge in [-0.05, 0) is 43.7 Å². The van der Waals surface area contributed by atoms with E-state index >= 15 is 0 Å². The summed E-state index contributed by atoms with van der Waals surface area (Å²) in [7, 11) is 2.08. The van der Waals surface area contributed by atoms with Gasteiger partial charge in [0.1, 0.15) is 0 Å². The predicted molar refractivity (Wildman–Crippen MR) is 83.3 cm³/mol. The molecular weight excluding hydrogens is 262 g/mol. The first-order chi connectivity index (χ1) is 10.1. The summed E-state index contributed by atoms with van der Waals surface area (Å²) in [6.45, 7) is 1.62. The minimum Gasteiger partial charge on any atom is -0.389 e. The van der Waals surface area contributed by atoms with Crippen LogP contribution >= 0.6 is 0 Å². The molecule has 112 valence electrons. The molecule has 2 aromatic rings. The molecule has 1 saturated carbocycles. The van der Waals surface area contributed by atoms with Crippen molar-refractivity contribution >= 4 is 0 Å². The van der Waals surface area contributed by atoms with E-state index in [2.05, 4.69) is 41.3 Å². The fourth-order valence-corrected chi connectivity index (χ4v) is 3.24. The molecule has 0 atom stereocenters. The number of rotatable bonds is 5. The Hall–Kier alpha value is -1.65. The summed E-state index contributed by atoms with van der Waals surface area (Å²) >= 11 is 0. The van der Waals surface area contributed by atoms with E-state index in [0.29, 0.717) is 0 Å². The van der Waals surface area contributed by atoms with Crippen LogP contribution in [0.5, 0.6) is 0 Å². The van der Waals surface area contributed by atoms with Crippen molar-refractivity contribution < 1.29 is 5.11 Å². The van der Waals surface area contributed by atoms with Crippen molar-refractivity contribution in [2.24, 2.45) is 0 Å². The standard InChI is InChI=1S/C17H23N3O/c1-19(14-17(21)9-2-3-10-17)13-15-5-7-16(8-6-15)20-12-4-11-18-20/h4-8,11-12,21H,2-3,9-10,13-14H2,1H3. The molecule has 1 heterocycles. The molecule has 0 unspecified atom stereocenters. The summed E-state index contributed by atoms with van der Waals surface area (Å²) in [5.74, 6) is 0. The van der Waals surface area contributed by atoms with Gasteiger partial charge in [-0.15, -0.1) is 0 Å². The molecule has 4 nitrogen and oxygen atoms in total. The van der Waals surface area contributed by atoms with Gasteiger partial charge in [0.2, 0.25) is 0 Å². The van der Waals surface area contributed by atoms with E-state index in [1.165, 1.54) is 5.56 Å². The van der Waals surface area contributed by atoms with Crippen LogP contribution in [0.4, 0.5) is 0 Å². The molecule has 1 aromatic carbocycles. The van der Waals surface area contributed by atoms with Crippen LogP contribution in [0.15, 0.2) is 42.7 Å². The average molecular weight is 285 g/mol. The van der Waals surface area contributed by atoms with Crippen LogP contribution < -0.4 is 0 Å². The Labute approximate surface area is 126 Å². The first kappa shape index (κ1) is 14.3. The van der Waals surface area contributed by atoms with Crippen molar-refractivity contribution in [1.29, 1.82) is 0 Å². The molecule has 1 aliphatic carbocycles. The molecule has 0 aliphatic heterocycles. The third-order valence-corrected chi connectivity index (χ3v) is 4.26. The lowest BCUT2D eigenvalue weighted by Crippen LogP contribution is -2.38. The van der Waals surface area contributed by atoms with Gasteiger partial charge in [0, 0.05) is 25.5 Å². The number of hydrogen-bond donors (Lipinski definition) is 1. The average Bonchev–Trinajstić information content (AvgIpc) is 3.11. The van der Waals surface area contributed by atoms with Crippen LogP contribution in [0.1, 0.15) is 31.2 Å². The van der Waals surface area contributed by atoms with Gasteiger partial charge in [0.15, 0.2) is 0 Å². The maximum Gasteiger partial charge on any atom is 0.0774 e. The van der Waals surface area contributed by atoms with Crippen molar-refractivity contribution in [3.63, 3.8) is 0 Å². The lowest BCUT2D eigenvalue weighted by atomic mass is 10.0. The van der Waals surface area contributed by atoms with E-state index < -0.39 is 5.60 Å². The van der Waals surface area contributed by atoms with Crippen LogP contribution in [0, 0.1) is 0 Å². The molecule has 0 saturated heterocycles. The molecule has 4 heteroatoms. The van der Waals surface area contributed by atoms with E-state index in [0.717, 1.165) is 44.5 Å². The Morgan fingerprint density at radius 1 is 1.24 bits per heavy atom. The Balaban J connectivity index is 1.60. The topological polar surface area (TPSA) is 41.3 Å². The lowest BCUT2D eigenvalue weighted by molar-refractivity contribution is 0.0145. The maximum atomic E-state index is 10.5. The normalized spacial score (nSPS) is 17.5. The molecule has 1 fully saturated rings. The second-order valence-corrected chi connectivity index (χ2v) is 6.22. The fourth-order valence-electron chi connectivity index (χ4n) is 3.24. The number of benzene rings is 1. The van der Waals surface area contributed by atoms with Gasteiger partial charge >= 0.3 is 0 Å². The van der Waals surface area contributed by atoms with E-state index in [9.17, 15) is 5.11 Å². The van der Waals surface area contributed by atoms with Gasteiger partial charge in [-0.3, -0.25) is 4.90 Å². The third kappa shape index (κ3) is 3.52. The van der Waals surface area contributed by atoms with Gasteiger partial charge in [-0.2, -0.15) is 5.10 Å². The molecule has 0 amide bonds. The number of hydrogen-bond acceptors (Lipinski definition) is 3. The highest BCUT2D eigenvalue weighted by Gasteiger charge is 2.31. The number of nitrogens with zero attached hydrogens (tertiary/aromatic N) is 3. The molecule has 1 aliphatic rings. The van der Waals surface area contributed by atoms with E-state index in [4.69, 9.17) is 0 Å². The van der Waals surface area contributed by atoms with Crippen LogP contribution in [-0.4, -0.2) is 39.0 Å². The highest BCUT2D eigenvalue weighted by molar-refractivity contribution is 5.33. The molecule has 1 N–H and O–H groups in total. The molecule has 0 bridgehead atoms. The van der Waals surface area contributed by atoms with Crippen molar-refractivity contribution in [3.05, 3.63) is 48.3 Å². The zero-order chi connectivity index (χ0) is 14.7. The lowest BCUT2D eigenvalue weighted by Gasteiger charge is -2.28. The van der Waals surface area contributed by atoms with Crippen LogP contribution in [0.3, 0.4) is 0 Å². The zero-order valence-corrected chi connectivity index (χ0v) is 12.6. The van der Waals surface area contributed by atoms with Gasteiger partial charge in [-0.1, -0.05) is 25.0 Å². The number of aliphatic hydroxyl groups is 1. The fraction of sp³-hybridized carbons (Fsp3) is 0.471. The summed E-state index contributed by atoms with van der Waals surface area (Å²) in [6.07, 6.45) is 7.91. The third-order valence-electron chi connectivity index (χ3n) is 4.26. The quantitative estimate of drug-likeness (QED) is 0.918. The maximum absolute atomic E-state index is 10.5. The summed E-state index contributed by atoms with van der Waals surface area (Å²) in [6, 6.07) is 10.4. The van der Waals surface area contributed by atoms with E-state index in [-0.39, 0.29) is 0 Å². The van der Waals surface area contributed by atoms with Gasteiger partial charge < -0.3 is 5.11 Å². The first-order valence-corrected chi connectivity index (χ1v) is 7.65. The number of likely N-dealkylation sites (N-methyl/N-ethyl adjacent to an activating group) is 1. The summed E-state index contributed by atoms with van der Waals surface area (Å²) < 4.78 is 1.86. The van der Waals surface area contributed by atoms with E-state index in [1.807, 2.05) is 16.9 Å². The second-order valence-electron chi connectivity index (χ2n) is 6.22. The minimum atomic E-state index is -0.469. The summed E-state index contributed by atoms with van der Waals surface area (Å²) in [5.41, 5.74) is 1.86. The zero-order valence-electron chi connectivity index (χ0n) is 12.6. The van der Waals surface area contributed by atoms with Crippen molar-refractivity contribution in [3.8, 4) is 5.69 Å². The predicted octanol–water partition coefficient (Wildman–Crippen LogP) is 2.61. The molecule has 0 radical (unpaired) electrons. The minimum absolute atomic E-state index is 0.469. The molecule has 3 rings (SSSR count). The number of aromatic nitrogens is 2. The van der Waals surface area contributed by atoms with Crippen LogP contribution in [0.2, 0.25) is 0 Å². The van der Waals surface area contributed by atoms with Gasteiger partial charge in [0.05, 0.1) is 11.3 Å². The summed E-state index contributed by atoms with van der Waals surface area (Å²) in [4.78, 5) is 2.22. The SMILES string of the molecule is CN(Cc1ccc(-n2cccn2)cc1)CC1(O)CCCC1. The van der Waals surface area contributed by atoms with E-state index in [1.54, 1.807) is 6.20 Å². The highest BCUT2D eigenvalue weighted by atomic mass is 16.3. The largest absolute Gasteiger partial charge is 0.389 e. The van der Waals surface area contributed by atoms with Gasteiger partial charge in [-0.25, -0.2) is 4.68 Å². The van der Waals surface area contributed by atoms with Crippen molar-refractivity contribution in [2.45, 2.75) is 37.8 Å². The van der Waals surface area contributed by atoms with Crippen LogP contribution in [0.25, 0.3) is 5.69 Å². The summed E-state index contributed by atoms with van der Waals surface area (Å²) in [5, 5.41) is 14.7. The monoisotopic (exact) mass is 285 g/mol. The van der Waals surface area contributed by atoms with Crippen molar-refractivity contribution in [2.75, 3.05) is 13.6 Å². The molecule has 1 aromatic heterocycles. The van der Waals surface area contributed by atoms with Crippen LogP contribution in [-0.2, 0) is 6.54 Å². The Kier molecular flexibility index (Phi) is 4.08. The molecule has 21 heavy (non-hydrogen) atoms. The Morgan fingerprint density at radius 2 is 1.95 bits per heavy atom. The second kappa shape index (κ2) is 6.00. The van der Waals surface area contributed by atoms with Crippen molar-refractivity contribution in [1.82, 2.24) is 14.7 Å². The Bertz CT molecular complexity index is 556.